The van der Waals surface area contributed by atoms with Gasteiger partial charge < -0.3 is 24.1 Å². The lowest BCUT2D eigenvalue weighted by molar-refractivity contribution is -0.272. The number of aliphatic hydroxyl groups is 1. The number of ketones is 1. The van der Waals surface area contributed by atoms with Crippen molar-refractivity contribution in [3.05, 3.63) is 11.6 Å². The molecule has 0 amide bonds. The van der Waals surface area contributed by atoms with Crippen LogP contribution in [-0.2, 0) is 28.5 Å². The van der Waals surface area contributed by atoms with Crippen LogP contribution in [0.5, 0.6) is 0 Å². The summed E-state index contributed by atoms with van der Waals surface area (Å²) < 4.78 is 23.2. The summed E-state index contributed by atoms with van der Waals surface area (Å²) in [5.41, 5.74) is 0.597. The van der Waals surface area contributed by atoms with Crippen LogP contribution in [0.4, 0.5) is 0 Å². The Morgan fingerprint density at radius 1 is 1.03 bits per heavy atom. The van der Waals surface area contributed by atoms with Crippen molar-refractivity contribution in [1.82, 2.24) is 0 Å². The van der Waals surface area contributed by atoms with Crippen molar-refractivity contribution in [3.63, 3.8) is 0 Å². The van der Waals surface area contributed by atoms with Crippen molar-refractivity contribution in [3.8, 4) is 0 Å². The second-order valence-electron chi connectivity index (χ2n) is 13.5. The number of Topliss-reactive ketones (excluding diaryl/α,β-unsaturated/α-hetero) is 1. The van der Waals surface area contributed by atoms with Gasteiger partial charge >= 0.3 is 5.97 Å². The van der Waals surface area contributed by atoms with E-state index in [1.54, 1.807) is 13.2 Å². The van der Waals surface area contributed by atoms with Gasteiger partial charge in [0.05, 0.1) is 18.3 Å². The van der Waals surface area contributed by atoms with Crippen LogP contribution in [0.2, 0.25) is 0 Å². The van der Waals surface area contributed by atoms with Crippen LogP contribution in [0.15, 0.2) is 11.6 Å². The molecule has 6 aliphatic rings. The lowest BCUT2D eigenvalue weighted by Gasteiger charge is -2.66. The molecule has 1 N–H and O–H groups in total. The number of hydrogen-bond donors (Lipinski definition) is 1. The summed E-state index contributed by atoms with van der Waals surface area (Å²) in [5, 5.41) is 10.3. The Labute approximate surface area is 220 Å². The third-order valence-electron chi connectivity index (χ3n) is 11.9. The maximum Gasteiger partial charge on any atom is 0.331 e. The normalized spacial score (nSPS) is 51.6. The van der Waals surface area contributed by atoms with Gasteiger partial charge in [-0.3, -0.25) is 4.79 Å². The molecule has 0 aromatic carbocycles. The number of cyclic esters (lactones) is 1. The molecule has 0 aromatic rings. The van der Waals surface area contributed by atoms with E-state index in [0.29, 0.717) is 30.6 Å². The monoisotopic (exact) mass is 516 g/mol. The molecule has 4 saturated carbocycles. The highest BCUT2D eigenvalue weighted by Gasteiger charge is 2.67. The van der Waals surface area contributed by atoms with Gasteiger partial charge in [0, 0.05) is 30.4 Å². The Hall–Kier alpha value is -1.28. The quantitative estimate of drug-likeness (QED) is 0.439. The van der Waals surface area contributed by atoms with Gasteiger partial charge in [-0.15, -0.1) is 0 Å². The summed E-state index contributed by atoms with van der Waals surface area (Å²) in [7, 11) is 1.63. The molecule has 11 atom stereocenters. The third kappa shape index (κ3) is 3.89. The van der Waals surface area contributed by atoms with Gasteiger partial charge in [0.25, 0.3) is 0 Å². The average molecular weight is 517 g/mol. The molecule has 2 aliphatic heterocycles. The van der Waals surface area contributed by atoms with Crippen LogP contribution in [0.1, 0.15) is 85.0 Å². The Morgan fingerprint density at radius 3 is 2.54 bits per heavy atom. The van der Waals surface area contributed by atoms with Crippen LogP contribution >= 0.6 is 0 Å². The van der Waals surface area contributed by atoms with Gasteiger partial charge in [0.15, 0.2) is 6.29 Å². The number of esters is 1. The average Bonchev–Trinajstić information content (AvgIpc) is 3.29. The van der Waals surface area contributed by atoms with E-state index in [-0.39, 0.29) is 52.7 Å². The summed E-state index contributed by atoms with van der Waals surface area (Å²) in [4.78, 5) is 26.1. The van der Waals surface area contributed by atoms with E-state index in [2.05, 4.69) is 13.8 Å². The Bertz CT molecular complexity index is 977. The van der Waals surface area contributed by atoms with Crippen LogP contribution in [0, 0.1) is 34.0 Å². The largest absolute Gasteiger partial charge is 0.458 e. The van der Waals surface area contributed by atoms with Gasteiger partial charge in [-0.2, -0.15) is 0 Å². The van der Waals surface area contributed by atoms with Gasteiger partial charge in [0.1, 0.15) is 18.5 Å². The van der Waals surface area contributed by atoms with Crippen LogP contribution in [-0.4, -0.2) is 61.3 Å². The number of fused-ring (bicyclic) bond motifs is 3. The summed E-state index contributed by atoms with van der Waals surface area (Å²) in [5.74, 6) is 1.33. The maximum atomic E-state index is 14.4. The first kappa shape index (κ1) is 26.0. The standard InChI is InChI=1S/C30H44O7/c1-17-26(32)22(34-4)15-25(36-17)37-20-6-9-28(2)19(14-20)5-11-30-12-7-21(18-13-24(31)35-16-18)29(3,27(30)33)10-8-23(28)30/h13,17,19-23,25-26,32H,5-12,14-16H2,1-4H3/t17-,19-,20-,21-,22-,23-,25+,26+,28-,29-,30-/m1/s1. The van der Waals surface area contributed by atoms with E-state index in [9.17, 15) is 14.7 Å². The van der Waals surface area contributed by atoms with E-state index in [0.717, 1.165) is 63.4 Å². The molecule has 1 saturated heterocycles. The summed E-state index contributed by atoms with van der Waals surface area (Å²) in [6, 6.07) is 0. The minimum Gasteiger partial charge on any atom is -0.458 e. The highest BCUT2D eigenvalue weighted by atomic mass is 16.7. The molecule has 0 unspecified atom stereocenters. The zero-order valence-electron chi connectivity index (χ0n) is 22.9. The second kappa shape index (κ2) is 9.14. The van der Waals surface area contributed by atoms with Crippen LogP contribution in [0.3, 0.4) is 0 Å². The molecule has 206 valence electrons. The Morgan fingerprint density at radius 2 is 1.81 bits per heavy atom. The zero-order chi connectivity index (χ0) is 26.2. The predicted octanol–water partition coefficient (Wildman–Crippen LogP) is 4.35. The highest BCUT2D eigenvalue weighted by molar-refractivity contribution is 5.93. The Balaban J connectivity index is 1.16. The molecule has 0 radical (unpaired) electrons. The van der Waals surface area contributed by atoms with Gasteiger partial charge in [0.2, 0.25) is 0 Å². The molecule has 4 aliphatic carbocycles. The first-order valence-electron chi connectivity index (χ1n) is 14.5. The number of carbonyl (C=O) groups excluding carboxylic acids is 2. The second-order valence-corrected chi connectivity index (χ2v) is 13.5. The van der Waals surface area contributed by atoms with Gasteiger partial charge in [-0.1, -0.05) is 13.8 Å². The molecule has 37 heavy (non-hydrogen) atoms. The number of rotatable bonds is 4. The first-order chi connectivity index (χ1) is 17.6. The van der Waals surface area contributed by atoms with Crippen molar-refractivity contribution in [1.29, 1.82) is 0 Å². The first-order valence-corrected chi connectivity index (χ1v) is 14.5. The zero-order valence-corrected chi connectivity index (χ0v) is 22.9. The van der Waals surface area contributed by atoms with Crippen molar-refractivity contribution in [2.24, 2.45) is 34.0 Å². The molecule has 2 heterocycles. The lowest BCUT2D eigenvalue weighted by atomic mass is 9.37. The predicted molar refractivity (Wildman–Crippen MR) is 135 cm³/mol. The molecule has 5 fully saturated rings. The Kier molecular flexibility index (Phi) is 6.42. The fourth-order valence-electron chi connectivity index (χ4n) is 9.85. The minimum atomic E-state index is -0.628. The molecule has 7 nitrogen and oxygen atoms in total. The number of aliphatic hydroxyl groups excluding tert-OH is 1. The van der Waals surface area contributed by atoms with Crippen molar-refractivity contribution in [2.75, 3.05) is 13.7 Å². The number of ether oxygens (including phenoxy) is 4. The SMILES string of the molecule is CO[C@@H]1C[C@H](O[C@@H]2CC[C@]3(C)[C@H](CC[C@@]45CC[C@H](C6=CC(=O)OC6)[C@@](C)(CC[C@@H]43)C5=O)C2)O[C@H](C)[C@@H]1O. The molecule has 2 bridgehead atoms. The maximum absolute atomic E-state index is 14.4. The molecular formula is C30H44O7. The molecule has 1 spiro atoms. The van der Waals surface area contributed by atoms with Crippen molar-refractivity contribution >= 4 is 11.8 Å². The van der Waals surface area contributed by atoms with E-state index >= 15 is 0 Å². The van der Waals surface area contributed by atoms with E-state index in [1.807, 2.05) is 6.92 Å². The summed E-state index contributed by atoms with van der Waals surface area (Å²) in [6.45, 7) is 6.87. The third-order valence-corrected chi connectivity index (χ3v) is 11.9. The molecular weight excluding hydrogens is 472 g/mol. The molecule has 6 rings (SSSR count). The summed E-state index contributed by atoms with van der Waals surface area (Å²) in [6.07, 6.45) is 9.85. The number of carbonyl (C=O) groups is 2. The number of hydrogen-bond acceptors (Lipinski definition) is 7. The van der Waals surface area contributed by atoms with Gasteiger partial charge in [-0.25, -0.2) is 4.79 Å². The van der Waals surface area contributed by atoms with E-state index in [1.165, 1.54) is 0 Å². The lowest BCUT2D eigenvalue weighted by Crippen LogP contribution is -2.64. The minimum absolute atomic E-state index is 0.139. The fourth-order valence-corrected chi connectivity index (χ4v) is 9.85. The number of methoxy groups -OCH3 is 1. The fraction of sp³-hybridized carbons (Fsp3) is 0.867. The smallest absolute Gasteiger partial charge is 0.331 e. The van der Waals surface area contributed by atoms with Crippen molar-refractivity contribution < 1.29 is 33.6 Å². The topological polar surface area (TPSA) is 91.3 Å². The highest BCUT2D eigenvalue weighted by Crippen LogP contribution is 2.70. The molecule has 7 heteroatoms. The summed E-state index contributed by atoms with van der Waals surface area (Å²) >= 11 is 0. The van der Waals surface area contributed by atoms with E-state index < -0.39 is 6.10 Å². The van der Waals surface area contributed by atoms with Crippen LogP contribution < -0.4 is 0 Å². The molecule has 0 aromatic heterocycles. The van der Waals surface area contributed by atoms with Crippen LogP contribution in [0.25, 0.3) is 0 Å². The van der Waals surface area contributed by atoms with Gasteiger partial charge in [-0.05, 0) is 93.5 Å². The van der Waals surface area contributed by atoms with Crippen molar-refractivity contribution in [2.45, 2.75) is 116 Å². The van der Waals surface area contributed by atoms with E-state index in [4.69, 9.17) is 18.9 Å².